The molecule has 0 aromatic heterocycles. The number of carbonyl (C=O) groups is 3. The van der Waals surface area contributed by atoms with Crippen LogP contribution in [0.1, 0.15) is 84.5 Å². The van der Waals surface area contributed by atoms with E-state index in [4.69, 9.17) is 10.2 Å². The van der Waals surface area contributed by atoms with Gasteiger partial charge >= 0.3 is 11.9 Å². The molecule has 0 aliphatic carbocycles. The Morgan fingerprint density at radius 1 is 0.708 bits per heavy atom. The van der Waals surface area contributed by atoms with Crippen molar-refractivity contribution < 1.29 is 29.3 Å². The van der Waals surface area contributed by atoms with Gasteiger partial charge in [-0.2, -0.15) is 0 Å². The van der Waals surface area contributed by atoms with Gasteiger partial charge in [-0.05, 0) is 26.7 Å². The molecule has 2 atom stereocenters. The SMILES string of the molecule is CC(O)C(=O)CCCCCCCCCCCC(=O)OC(=O)C(C)O. The van der Waals surface area contributed by atoms with E-state index in [-0.39, 0.29) is 12.2 Å². The van der Waals surface area contributed by atoms with Gasteiger partial charge in [0.1, 0.15) is 12.2 Å². The van der Waals surface area contributed by atoms with Gasteiger partial charge < -0.3 is 14.9 Å². The Morgan fingerprint density at radius 2 is 1.12 bits per heavy atom. The highest BCUT2D eigenvalue weighted by molar-refractivity contribution is 5.87. The molecule has 0 spiro atoms. The number of unbranched alkanes of at least 4 members (excludes halogenated alkanes) is 8. The maximum atomic E-state index is 11.3. The van der Waals surface area contributed by atoms with Gasteiger partial charge in [0.15, 0.2) is 5.78 Å². The topological polar surface area (TPSA) is 101 Å². The molecule has 140 valence electrons. The second-order valence-corrected chi connectivity index (χ2v) is 6.29. The smallest absolute Gasteiger partial charge is 0.342 e. The van der Waals surface area contributed by atoms with Gasteiger partial charge in [0.25, 0.3) is 0 Å². The van der Waals surface area contributed by atoms with E-state index in [1.807, 2.05) is 0 Å². The summed E-state index contributed by atoms with van der Waals surface area (Å²) in [5, 5.41) is 18.0. The summed E-state index contributed by atoms with van der Waals surface area (Å²) in [6, 6.07) is 0. The summed E-state index contributed by atoms with van der Waals surface area (Å²) in [7, 11) is 0. The zero-order valence-electron chi connectivity index (χ0n) is 15.0. The van der Waals surface area contributed by atoms with Crippen LogP contribution in [0.5, 0.6) is 0 Å². The van der Waals surface area contributed by atoms with E-state index in [1.165, 1.54) is 13.8 Å². The predicted molar refractivity (Wildman–Crippen MR) is 90.3 cm³/mol. The summed E-state index contributed by atoms with van der Waals surface area (Å²) in [5.41, 5.74) is 0. The minimum absolute atomic E-state index is 0.0799. The first-order valence-electron chi connectivity index (χ1n) is 8.98. The third kappa shape index (κ3) is 13.2. The lowest BCUT2D eigenvalue weighted by atomic mass is 10.0. The van der Waals surface area contributed by atoms with E-state index in [0.717, 1.165) is 51.4 Å². The minimum atomic E-state index is -1.26. The van der Waals surface area contributed by atoms with Crippen LogP contribution >= 0.6 is 0 Å². The monoisotopic (exact) mass is 344 g/mol. The summed E-state index contributed by atoms with van der Waals surface area (Å²) in [6.45, 7) is 2.77. The van der Waals surface area contributed by atoms with Crippen molar-refractivity contribution in [2.24, 2.45) is 0 Å². The molecular formula is C18H32O6. The van der Waals surface area contributed by atoms with Crippen molar-refractivity contribution in [3.8, 4) is 0 Å². The number of hydrogen-bond donors (Lipinski definition) is 2. The fourth-order valence-corrected chi connectivity index (χ4v) is 2.26. The van der Waals surface area contributed by atoms with Crippen LogP contribution in [0.25, 0.3) is 0 Å². The number of aliphatic hydroxyl groups excluding tert-OH is 2. The molecule has 6 nitrogen and oxygen atoms in total. The fourth-order valence-electron chi connectivity index (χ4n) is 2.26. The Balaban J connectivity index is 3.33. The Kier molecular flexibility index (Phi) is 13.4. The van der Waals surface area contributed by atoms with Crippen molar-refractivity contribution in [2.75, 3.05) is 0 Å². The number of hydrogen-bond acceptors (Lipinski definition) is 6. The van der Waals surface area contributed by atoms with E-state index in [9.17, 15) is 14.4 Å². The van der Waals surface area contributed by atoms with Crippen LogP contribution < -0.4 is 0 Å². The molecule has 0 heterocycles. The van der Waals surface area contributed by atoms with Crippen LogP contribution in [0.3, 0.4) is 0 Å². The summed E-state index contributed by atoms with van der Waals surface area (Å²) >= 11 is 0. The highest BCUT2D eigenvalue weighted by Crippen LogP contribution is 2.12. The second kappa shape index (κ2) is 14.1. The number of Topliss-reactive ketones (excluding diaryl/α,β-unsaturated/α-hetero) is 1. The summed E-state index contributed by atoms with van der Waals surface area (Å²) in [4.78, 5) is 33.5. The molecule has 0 aromatic rings. The van der Waals surface area contributed by atoms with Crippen LogP contribution in [0.4, 0.5) is 0 Å². The first-order chi connectivity index (χ1) is 11.3. The average molecular weight is 344 g/mol. The first-order valence-corrected chi connectivity index (χ1v) is 8.98. The predicted octanol–water partition coefficient (Wildman–Crippen LogP) is 2.68. The molecule has 0 amide bonds. The van der Waals surface area contributed by atoms with Crippen LogP contribution in [-0.4, -0.2) is 40.1 Å². The number of ketones is 1. The number of carbonyl (C=O) groups excluding carboxylic acids is 3. The highest BCUT2D eigenvalue weighted by atomic mass is 16.6. The summed E-state index contributed by atoms with van der Waals surface area (Å²) in [5.74, 6) is -1.55. The fraction of sp³-hybridized carbons (Fsp3) is 0.833. The van der Waals surface area contributed by atoms with Crippen molar-refractivity contribution in [2.45, 2.75) is 96.7 Å². The zero-order valence-corrected chi connectivity index (χ0v) is 15.0. The van der Waals surface area contributed by atoms with E-state index in [0.29, 0.717) is 12.8 Å². The largest absolute Gasteiger partial charge is 0.391 e. The number of aliphatic hydroxyl groups is 2. The van der Waals surface area contributed by atoms with Gasteiger partial charge in [-0.1, -0.05) is 44.9 Å². The third-order valence-electron chi connectivity index (χ3n) is 3.83. The minimum Gasteiger partial charge on any atom is -0.391 e. The summed E-state index contributed by atoms with van der Waals surface area (Å²) in [6.07, 6.45) is 7.54. The Labute approximate surface area is 144 Å². The average Bonchev–Trinajstić information content (AvgIpc) is 2.51. The molecule has 0 rings (SSSR count). The van der Waals surface area contributed by atoms with E-state index >= 15 is 0 Å². The van der Waals surface area contributed by atoms with Crippen molar-refractivity contribution >= 4 is 17.7 Å². The zero-order chi connectivity index (χ0) is 18.4. The van der Waals surface area contributed by atoms with E-state index in [2.05, 4.69) is 4.74 Å². The van der Waals surface area contributed by atoms with Gasteiger partial charge in [-0.15, -0.1) is 0 Å². The molecule has 24 heavy (non-hydrogen) atoms. The van der Waals surface area contributed by atoms with Crippen LogP contribution in [-0.2, 0) is 19.1 Å². The Bertz CT molecular complexity index is 376. The highest BCUT2D eigenvalue weighted by Gasteiger charge is 2.14. The lowest BCUT2D eigenvalue weighted by molar-refractivity contribution is -0.165. The maximum Gasteiger partial charge on any atom is 0.342 e. The van der Waals surface area contributed by atoms with Gasteiger partial charge in [-0.25, -0.2) is 4.79 Å². The maximum absolute atomic E-state index is 11.3. The number of ether oxygens (including phenoxy) is 1. The van der Waals surface area contributed by atoms with Gasteiger partial charge in [-0.3, -0.25) is 9.59 Å². The van der Waals surface area contributed by atoms with Crippen molar-refractivity contribution in [1.29, 1.82) is 0 Å². The molecule has 0 aromatic carbocycles. The van der Waals surface area contributed by atoms with Gasteiger partial charge in [0.2, 0.25) is 0 Å². The van der Waals surface area contributed by atoms with Gasteiger partial charge in [0.05, 0.1) is 0 Å². The van der Waals surface area contributed by atoms with Gasteiger partial charge in [0, 0.05) is 12.8 Å². The van der Waals surface area contributed by atoms with Crippen LogP contribution in [0, 0.1) is 0 Å². The molecule has 0 bridgehead atoms. The lowest BCUT2D eigenvalue weighted by Crippen LogP contribution is -2.22. The van der Waals surface area contributed by atoms with E-state index < -0.39 is 24.1 Å². The second-order valence-electron chi connectivity index (χ2n) is 6.29. The normalized spacial score (nSPS) is 13.3. The van der Waals surface area contributed by atoms with Crippen molar-refractivity contribution in [1.82, 2.24) is 0 Å². The molecule has 0 radical (unpaired) electrons. The molecule has 0 saturated heterocycles. The molecule has 0 fully saturated rings. The third-order valence-corrected chi connectivity index (χ3v) is 3.83. The van der Waals surface area contributed by atoms with E-state index in [1.54, 1.807) is 0 Å². The number of rotatable bonds is 14. The quantitative estimate of drug-likeness (QED) is 0.285. The van der Waals surface area contributed by atoms with Crippen molar-refractivity contribution in [3.05, 3.63) is 0 Å². The van der Waals surface area contributed by atoms with Crippen molar-refractivity contribution in [3.63, 3.8) is 0 Å². The van der Waals surface area contributed by atoms with Crippen LogP contribution in [0.2, 0.25) is 0 Å². The molecule has 2 unspecified atom stereocenters. The molecule has 6 heteroatoms. The Hall–Kier alpha value is -1.27. The standard InChI is InChI=1S/C18H32O6/c1-14(19)16(21)12-10-8-6-4-3-5-7-9-11-13-17(22)24-18(23)15(2)20/h14-15,19-20H,3-13H2,1-2H3. The molecule has 2 N–H and O–H groups in total. The molecule has 0 saturated carbocycles. The Morgan fingerprint density at radius 3 is 1.54 bits per heavy atom. The lowest BCUT2D eigenvalue weighted by Gasteiger charge is -2.05. The molecule has 0 aliphatic rings. The van der Waals surface area contributed by atoms with Crippen LogP contribution in [0.15, 0.2) is 0 Å². The molecular weight excluding hydrogens is 312 g/mol. The number of esters is 2. The molecule has 0 aliphatic heterocycles. The first kappa shape index (κ1) is 22.7. The summed E-state index contributed by atoms with van der Waals surface area (Å²) < 4.78 is 4.46.